The van der Waals surface area contributed by atoms with Gasteiger partial charge in [0.15, 0.2) is 0 Å². The van der Waals surface area contributed by atoms with Gasteiger partial charge in [0.05, 0.1) is 12.0 Å². The molecule has 3 heteroatoms. The van der Waals surface area contributed by atoms with Crippen molar-refractivity contribution in [3.05, 3.63) is 22.4 Å². The summed E-state index contributed by atoms with van der Waals surface area (Å²) in [7, 11) is 0. The van der Waals surface area contributed by atoms with Gasteiger partial charge in [-0.1, -0.05) is 25.3 Å². The zero-order chi connectivity index (χ0) is 12.1. The van der Waals surface area contributed by atoms with Crippen LogP contribution in [0.15, 0.2) is 17.5 Å². The highest BCUT2D eigenvalue weighted by atomic mass is 32.1. The first-order valence-corrected chi connectivity index (χ1v) is 7.38. The van der Waals surface area contributed by atoms with Crippen molar-refractivity contribution in [3.8, 4) is 6.07 Å². The van der Waals surface area contributed by atoms with Gasteiger partial charge in [-0.25, -0.2) is 0 Å². The van der Waals surface area contributed by atoms with Crippen LogP contribution >= 0.6 is 11.3 Å². The Morgan fingerprint density at radius 1 is 1.41 bits per heavy atom. The summed E-state index contributed by atoms with van der Waals surface area (Å²) in [4.78, 5) is 1.37. The molecule has 2 nitrogen and oxygen atoms in total. The molecule has 1 heterocycles. The van der Waals surface area contributed by atoms with Crippen LogP contribution < -0.4 is 5.32 Å². The van der Waals surface area contributed by atoms with Crippen LogP contribution in [0.4, 0.5) is 0 Å². The van der Waals surface area contributed by atoms with E-state index in [1.807, 2.05) is 0 Å². The summed E-state index contributed by atoms with van der Waals surface area (Å²) in [5, 5.41) is 15.0. The Kier molecular flexibility index (Phi) is 4.58. The smallest absolute Gasteiger partial charge is 0.0672 e. The predicted octanol–water partition coefficient (Wildman–Crippen LogP) is 3.87. The average Bonchev–Trinajstić information content (AvgIpc) is 2.78. The van der Waals surface area contributed by atoms with Gasteiger partial charge in [0, 0.05) is 17.0 Å². The Labute approximate surface area is 108 Å². The molecule has 1 aromatic rings. The number of nitrogens with zero attached hydrogens (tertiary/aromatic N) is 1. The first-order valence-electron chi connectivity index (χ1n) is 6.50. The van der Waals surface area contributed by atoms with Crippen LogP contribution in [-0.2, 0) is 0 Å². The summed E-state index contributed by atoms with van der Waals surface area (Å²) in [6.45, 7) is 2.20. The highest BCUT2D eigenvalue weighted by Crippen LogP contribution is 2.26. The third-order valence-electron chi connectivity index (χ3n) is 3.62. The minimum atomic E-state index is 0.194. The van der Waals surface area contributed by atoms with E-state index in [4.69, 9.17) is 0 Å². The number of rotatable bonds is 3. The van der Waals surface area contributed by atoms with Crippen molar-refractivity contribution in [2.75, 3.05) is 0 Å². The van der Waals surface area contributed by atoms with Gasteiger partial charge in [-0.05, 0) is 31.2 Å². The predicted molar refractivity (Wildman–Crippen MR) is 71.8 cm³/mol. The Balaban J connectivity index is 1.98. The van der Waals surface area contributed by atoms with E-state index in [1.54, 1.807) is 11.3 Å². The molecule has 1 saturated carbocycles. The zero-order valence-electron chi connectivity index (χ0n) is 10.4. The molecule has 0 spiro atoms. The summed E-state index contributed by atoms with van der Waals surface area (Å²) in [6.07, 6.45) is 5.96. The van der Waals surface area contributed by atoms with Crippen molar-refractivity contribution >= 4 is 11.3 Å². The Morgan fingerprint density at radius 2 is 2.24 bits per heavy atom. The average molecular weight is 248 g/mol. The molecule has 1 aliphatic carbocycles. The van der Waals surface area contributed by atoms with E-state index in [-0.39, 0.29) is 5.92 Å². The third-order valence-corrected chi connectivity index (χ3v) is 4.67. The molecule has 1 aromatic heterocycles. The molecule has 2 rings (SSSR count). The van der Waals surface area contributed by atoms with Gasteiger partial charge in [0.1, 0.15) is 0 Å². The molecule has 3 unspecified atom stereocenters. The fourth-order valence-electron chi connectivity index (χ4n) is 2.60. The fourth-order valence-corrected chi connectivity index (χ4v) is 3.35. The lowest BCUT2D eigenvalue weighted by molar-refractivity contribution is 0.363. The van der Waals surface area contributed by atoms with E-state index in [1.165, 1.54) is 24.1 Å². The summed E-state index contributed by atoms with van der Waals surface area (Å²) in [5.41, 5.74) is 0. The first kappa shape index (κ1) is 12.6. The normalized spacial score (nSPS) is 27.1. The van der Waals surface area contributed by atoms with E-state index in [0.29, 0.717) is 12.1 Å². The standard InChI is InChI=1S/C14H20N2S/c1-11(14-8-5-9-17-14)16-13-7-4-2-3-6-12(13)10-15/h5,8-9,11-13,16H,2-4,6-7H2,1H3. The number of thiophene rings is 1. The van der Waals surface area contributed by atoms with Gasteiger partial charge in [-0.3, -0.25) is 0 Å². The summed E-state index contributed by atoms with van der Waals surface area (Å²) >= 11 is 1.79. The minimum absolute atomic E-state index is 0.194. The Morgan fingerprint density at radius 3 is 2.94 bits per heavy atom. The Hall–Kier alpha value is -0.850. The summed E-state index contributed by atoms with van der Waals surface area (Å²) in [5.74, 6) is 0.194. The first-order chi connectivity index (χ1) is 8.31. The second-order valence-corrected chi connectivity index (χ2v) is 5.86. The van der Waals surface area contributed by atoms with Crippen molar-refractivity contribution in [2.24, 2.45) is 5.92 Å². The Bertz CT molecular complexity index is 366. The van der Waals surface area contributed by atoms with E-state index in [9.17, 15) is 5.26 Å². The lowest BCUT2D eigenvalue weighted by atomic mass is 9.95. The molecule has 1 fully saturated rings. The molecule has 92 valence electrons. The molecular weight excluding hydrogens is 228 g/mol. The van der Waals surface area contributed by atoms with Crippen LogP contribution in [0.1, 0.15) is 49.9 Å². The minimum Gasteiger partial charge on any atom is -0.305 e. The third kappa shape index (κ3) is 3.31. The van der Waals surface area contributed by atoms with E-state index < -0.39 is 0 Å². The van der Waals surface area contributed by atoms with Gasteiger partial charge in [0.25, 0.3) is 0 Å². The maximum atomic E-state index is 9.24. The molecule has 0 bridgehead atoms. The van der Waals surface area contributed by atoms with E-state index in [2.05, 4.69) is 35.8 Å². The molecule has 0 amide bonds. The maximum Gasteiger partial charge on any atom is 0.0672 e. The number of nitrogens with one attached hydrogen (secondary N) is 1. The zero-order valence-corrected chi connectivity index (χ0v) is 11.2. The van der Waals surface area contributed by atoms with Crippen LogP contribution in [0.2, 0.25) is 0 Å². The molecule has 17 heavy (non-hydrogen) atoms. The van der Waals surface area contributed by atoms with Gasteiger partial charge in [-0.2, -0.15) is 5.26 Å². The van der Waals surface area contributed by atoms with E-state index in [0.717, 1.165) is 12.8 Å². The van der Waals surface area contributed by atoms with Gasteiger partial charge in [0.2, 0.25) is 0 Å². The molecule has 0 aromatic carbocycles. The lowest BCUT2D eigenvalue weighted by Crippen LogP contribution is -2.36. The fraction of sp³-hybridized carbons (Fsp3) is 0.643. The van der Waals surface area contributed by atoms with Crippen LogP contribution in [0, 0.1) is 17.2 Å². The monoisotopic (exact) mass is 248 g/mol. The highest BCUT2D eigenvalue weighted by Gasteiger charge is 2.24. The van der Waals surface area contributed by atoms with Crippen molar-refractivity contribution in [1.29, 1.82) is 5.26 Å². The van der Waals surface area contributed by atoms with Crippen molar-refractivity contribution in [3.63, 3.8) is 0 Å². The summed E-state index contributed by atoms with van der Waals surface area (Å²) in [6, 6.07) is 7.49. The van der Waals surface area contributed by atoms with Gasteiger partial charge >= 0.3 is 0 Å². The lowest BCUT2D eigenvalue weighted by Gasteiger charge is -2.24. The maximum absolute atomic E-state index is 9.24. The molecule has 0 aliphatic heterocycles. The molecule has 0 radical (unpaired) electrons. The number of hydrogen-bond donors (Lipinski definition) is 1. The van der Waals surface area contributed by atoms with Gasteiger partial charge < -0.3 is 5.32 Å². The number of hydrogen-bond acceptors (Lipinski definition) is 3. The summed E-state index contributed by atoms with van der Waals surface area (Å²) < 4.78 is 0. The van der Waals surface area contributed by atoms with Crippen LogP contribution in [0.3, 0.4) is 0 Å². The van der Waals surface area contributed by atoms with Crippen molar-refractivity contribution < 1.29 is 0 Å². The van der Waals surface area contributed by atoms with Gasteiger partial charge in [-0.15, -0.1) is 11.3 Å². The molecule has 1 N–H and O–H groups in total. The van der Waals surface area contributed by atoms with Crippen LogP contribution in [-0.4, -0.2) is 6.04 Å². The molecule has 3 atom stereocenters. The second kappa shape index (κ2) is 6.18. The SMILES string of the molecule is CC(NC1CCCCCC1C#N)c1cccs1. The molecule has 1 aliphatic rings. The van der Waals surface area contributed by atoms with Crippen LogP contribution in [0.25, 0.3) is 0 Å². The quantitative estimate of drug-likeness (QED) is 0.824. The van der Waals surface area contributed by atoms with Crippen molar-refractivity contribution in [1.82, 2.24) is 5.32 Å². The van der Waals surface area contributed by atoms with Crippen molar-refractivity contribution in [2.45, 2.75) is 51.1 Å². The number of nitriles is 1. The van der Waals surface area contributed by atoms with Crippen LogP contribution in [0.5, 0.6) is 0 Å². The highest BCUT2D eigenvalue weighted by molar-refractivity contribution is 7.10. The topological polar surface area (TPSA) is 35.8 Å². The molecular formula is C14H20N2S. The van der Waals surface area contributed by atoms with E-state index >= 15 is 0 Å². The second-order valence-electron chi connectivity index (χ2n) is 4.88. The largest absolute Gasteiger partial charge is 0.305 e. The molecule has 0 saturated heterocycles.